The summed E-state index contributed by atoms with van der Waals surface area (Å²) in [5.41, 5.74) is 1.12. The summed E-state index contributed by atoms with van der Waals surface area (Å²) < 4.78 is 13.3. The molecule has 4 saturated carbocycles. The predicted octanol–water partition coefficient (Wildman–Crippen LogP) is 5.35. The highest BCUT2D eigenvalue weighted by atomic mass is 16.5. The molecule has 24 heavy (non-hydrogen) atoms. The summed E-state index contributed by atoms with van der Waals surface area (Å²) in [6.45, 7) is 8.27. The van der Waals surface area contributed by atoms with Crippen molar-refractivity contribution in [2.75, 3.05) is 6.61 Å². The van der Waals surface area contributed by atoms with Crippen LogP contribution in [0.5, 0.6) is 0 Å². The van der Waals surface area contributed by atoms with Crippen molar-refractivity contribution >= 4 is 0 Å². The second-order valence-electron chi connectivity index (χ2n) is 10.5. The van der Waals surface area contributed by atoms with Crippen molar-refractivity contribution in [3.8, 4) is 0 Å². The van der Waals surface area contributed by atoms with Crippen molar-refractivity contribution in [1.82, 2.24) is 0 Å². The smallest absolute Gasteiger partial charge is 0.0784 e. The van der Waals surface area contributed by atoms with Crippen LogP contribution in [0.15, 0.2) is 0 Å². The van der Waals surface area contributed by atoms with E-state index in [-0.39, 0.29) is 11.7 Å². The SMILES string of the molecule is CC1COC23CCCC[C@]2(C)[C@H]2CC[C@]4(C)CC(CC4C2CC3)O1. The van der Waals surface area contributed by atoms with Gasteiger partial charge in [-0.3, -0.25) is 0 Å². The topological polar surface area (TPSA) is 18.5 Å². The molecule has 2 saturated heterocycles. The molecular formula is C22H36O2. The van der Waals surface area contributed by atoms with Crippen molar-refractivity contribution in [2.24, 2.45) is 28.6 Å². The summed E-state index contributed by atoms with van der Waals surface area (Å²) in [7, 11) is 0. The molecule has 2 heteroatoms. The van der Waals surface area contributed by atoms with Gasteiger partial charge in [-0.25, -0.2) is 0 Å². The van der Waals surface area contributed by atoms with E-state index in [1.807, 2.05) is 0 Å². The number of hydrogen-bond acceptors (Lipinski definition) is 2. The first-order chi connectivity index (χ1) is 11.5. The Kier molecular flexibility index (Phi) is 3.51. The minimum Gasteiger partial charge on any atom is -0.373 e. The Labute approximate surface area is 148 Å². The van der Waals surface area contributed by atoms with E-state index in [4.69, 9.17) is 9.47 Å². The van der Waals surface area contributed by atoms with E-state index in [0.717, 1.165) is 24.4 Å². The molecule has 8 atom stereocenters. The average molecular weight is 333 g/mol. The summed E-state index contributed by atoms with van der Waals surface area (Å²) in [5.74, 6) is 2.74. The van der Waals surface area contributed by atoms with Gasteiger partial charge < -0.3 is 9.47 Å². The number of fused-ring (bicyclic) bond motifs is 4. The molecule has 0 N–H and O–H groups in total. The monoisotopic (exact) mass is 332 g/mol. The van der Waals surface area contributed by atoms with Gasteiger partial charge in [-0.05, 0) is 86.9 Å². The minimum atomic E-state index is 0.154. The fraction of sp³-hybridized carbons (Fsp3) is 1.00. The lowest BCUT2D eigenvalue weighted by Gasteiger charge is -2.64. The highest BCUT2D eigenvalue weighted by molar-refractivity contribution is 5.14. The first kappa shape index (κ1) is 16.1. The molecule has 5 bridgehead atoms. The van der Waals surface area contributed by atoms with Gasteiger partial charge in [0.05, 0.1) is 24.4 Å². The van der Waals surface area contributed by atoms with Gasteiger partial charge in [0.2, 0.25) is 0 Å². The molecule has 0 radical (unpaired) electrons. The van der Waals surface area contributed by atoms with Gasteiger partial charge in [0.25, 0.3) is 0 Å². The first-order valence-corrected chi connectivity index (χ1v) is 10.8. The van der Waals surface area contributed by atoms with Gasteiger partial charge in [-0.1, -0.05) is 26.7 Å². The van der Waals surface area contributed by atoms with Gasteiger partial charge in [-0.2, -0.15) is 0 Å². The molecule has 6 fully saturated rings. The number of ether oxygens (including phenoxy) is 2. The molecule has 5 unspecified atom stereocenters. The van der Waals surface area contributed by atoms with Crippen LogP contribution in [0.1, 0.15) is 85.0 Å². The lowest BCUT2D eigenvalue weighted by atomic mass is 9.44. The Hall–Kier alpha value is -0.0800. The Morgan fingerprint density at radius 3 is 2.62 bits per heavy atom. The summed E-state index contributed by atoms with van der Waals surface area (Å²) in [5, 5.41) is 0. The minimum absolute atomic E-state index is 0.154. The Morgan fingerprint density at radius 2 is 1.75 bits per heavy atom. The first-order valence-electron chi connectivity index (χ1n) is 10.8. The molecule has 2 nitrogen and oxygen atoms in total. The molecule has 0 aromatic rings. The van der Waals surface area contributed by atoms with Crippen LogP contribution < -0.4 is 0 Å². The van der Waals surface area contributed by atoms with Gasteiger partial charge in [0, 0.05) is 0 Å². The average Bonchev–Trinajstić information content (AvgIpc) is 2.87. The van der Waals surface area contributed by atoms with Crippen molar-refractivity contribution in [3.05, 3.63) is 0 Å². The van der Waals surface area contributed by atoms with E-state index in [1.165, 1.54) is 64.2 Å². The molecule has 0 aromatic heterocycles. The van der Waals surface area contributed by atoms with E-state index >= 15 is 0 Å². The largest absolute Gasteiger partial charge is 0.373 e. The van der Waals surface area contributed by atoms with Gasteiger partial charge in [0.1, 0.15) is 0 Å². The molecule has 0 amide bonds. The van der Waals surface area contributed by atoms with Crippen LogP contribution in [-0.4, -0.2) is 24.4 Å². The zero-order chi connectivity index (χ0) is 16.6. The summed E-state index contributed by atoms with van der Waals surface area (Å²) >= 11 is 0. The molecule has 0 aromatic carbocycles. The van der Waals surface area contributed by atoms with Gasteiger partial charge in [0.15, 0.2) is 0 Å². The molecule has 4 aliphatic carbocycles. The number of hydrogen-bond donors (Lipinski definition) is 0. The zero-order valence-electron chi connectivity index (χ0n) is 16.0. The Morgan fingerprint density at radius 1 is 0.917 bits per heavy atom. The third-order valence-electron chi connectivity index (χ3n) is 9.45. The summed E-state index contributed by atoms with van der Waals surface area (Å²) in [6, 6.07) is 0. The molecule has 2 heterocycles. The molecule has 136 valence electrons. The maximum Gasteiger partial charge on any atom is 0.0784 e. The highest BCUT2D eigenvalue weighted by Crippen LogP contribution is 2.68. The van der Waals surface area contributed by atoms with Gasteiger partial charge >= 0.3 is 0 Å². The highest BCUT2D eigenvalue weighted by Gasteiger charge is 2.64. The zero-order valence-corrected chi connectivity index (χ0v) is 16.0. The van der Waals surface area contributed by atoms with Crippen LogP contribution in [0, 0.1) is 28.6 Å². The van der Waals surface area contributed by atoms with E-state index in [0.29, 0.717) is 16.9 Å². The van der Waals surface area contributed by atoms with Crippen molar-refractivity contribution in [3.63, 3.8) is 0 Å². The molecule has 6 rings (SSSR count). The fourth-order valence-electron chi connectivity index (χ4n) is 8.28. The van der Waals surface area contributed by atoms with E-state index in [1.54, 1.807) is 0 Å². The number of rotatable bonds is 0. The van der Waals surface area contributed by atoms with Gasteiger partial charge in [-0.15, -0.1) is 0 Å². The lowest BCUT2D eigenvalue weighted by molar-refractivity contribution is -0.237. The third kappa shape index (κ3) is 2.02. The van der Waals surface area contributed by atoms with Crippen molar-refractivity contribution in [1.29, 1.82) is 0 Å². The van der Waals surface area contributed by atoms with Crippen molar-refractivity contribution < 1.29 is 9.47 Å². The van der Waals surface area contributed by atoms with Crippen LogP contribution in [0.4, 0.5) is 0 Å². The van der Waals surface area contributed by atoms with Crippen molar-refractivity contribution in [2.45, 2.75) is 103 Å². The van der Waals surface area contributed by atoms with E-state index in [9.17, 15) is 0 Å². The maximum absolute atomic E-state index is 6.83. The predicted molar refractivity (Wildman–Crippen MR) is 95.9 cm³/mol. The molecule has 1 spiro atoms. The van der Waals surface area contributed by atoms with Crippen LogP contribution in [0.2, 0.25) is 0 Å². The normalized spacial score (nSPS) is 59.9. The second kappa shape index (κ2) is 5.22. The van der Waals surface area contributed by atoms with E-state index < -0.39 is 0 Å². The third-order valence-corrected chi connectivity index (χ3v) is 9.45. The Balaban J connectivity index is 1.60. The maximum atomic E-state index is 6.83. The summed E-state index contributed by atoms with van der Waals surface area (Å²) in [6.07, 6.45) is 14.5. The standard InChI is InChI=1S/C22H36O2/c1-15-14-23-22-9-5-4-8-21(22,3)18-7-10-20(2)13-16(24-15)12-19(20)17(18)6-11-22/h15-19H,4-14H2,1-3H3/t15?,16?,17?,18-,19?,20+,21+,22?/m0/s1. The molecule has 2 aliphatic heterocycles. The van der Waals surface area contributed by atoms with E-state index in [2.05, 4.69) is 20.8 Å². The fourth-order valence-corrected chi connectivity index (χ4v) is 8.28. The van der Waals surface area contributed by atoms with Crippen LogP contribution in [0.3, 0.4) is 0 Å². The quantitative estimate of drug-likeness (QED) is 0.595. The summed E-state index contributed by atoms with van der Waals surface area (Å²) in [4.78, 5) is 0. The van der Waals surface area contributed by atoms with Crippen LogP contribution in [0.25, 0.3) is 0 Å². The molecule has 6 aliphatic rings. The second-order valence-corrected chi connectivity index (χ2v) is 10.5. The lowest BCUT2D eigenvalue weighted by Crippen LogP contribution is -2.62. The Bertz CT molecular complexity index is 518. The van der Waals surface area contributed by atoms with Crippen LogP contribution in [-0.2, 0) is 9.47 Å². The van der Waals surface area contributed by atoms with Crippen LogP contribution >= 0.6 is 0 Å². The molecular weight excluding hydrogens is 296 g/mol.